The Morgan fingerprint density at radius 3 is 2.10 bits per heavy atom. The van der Waals surface area contributed by atoms with Crippen LogP contribution in [0.3, 0.4) is 0 Å². The molecule has 2 rings (SSSR count). The number of amides is 1. The van der Waals surface area contributed by atoms with E-state index in [1.165, 1.54) is 27.4 Å². The summed E-state index contributed by atoms with van der Waals surface area (Å²) in [4.78, 5) is 25.1. The minimum Gasteiger partial charge on any atom is -0.493 e. The molecule has 0 unspecified atom stereocenters. The predicted molar refractivity (Wildman–Crippen MR) is 119 cm³/mol. The van der Waals surface area contributed by atoms with Gasteiger partial charge in [-0.2, -0.15) is 0 Å². The first-order chi connectivity index (χ1) is 14.8. The summed E-state index contributed by atoms with van der Waals surface area (Å²) in [5, 5.41) is 2.78. The van der Waals surface area contributed by atoms with Crippen molar-refractivity contribution < 1.29 is 28.5 Å². The summed E-state index contributed by atoms with van der Waals surface area (Å²) in [6.45, 7) is 8.53. The molecule has 0 aliphatic carbocycles. The molecule has 0 fully saturated rings. The van der Waals surface area contributed by atoms with Crippen LogP contribution >= 0.6 is 0 Å². The summed E-state index contributed by atoms with van der Waals surface area (Å²) in [5.41, 5.74) is 3.31. The summed E-state index contributed by atoms with van der Waals surface area (Å²) >= 11 is 0. The number of rotatable bonds is 9. The number of nitrogens with zero attached hydrogens (tertiary/aromatic N) is 1. The van der Waals surface area contributed by atoms with Crippen LogP contribution in [0.5, 0.6) is 17.2 Å². The Labute approximate surface area is 182 Å². The lowest BCUT2D eigenvalue weighted by Gasteiger charge is -2.14. The topological polar surface area (TPSA) is 88.0 Å². The third-order valence-electron chi connectivity index (χ3n) is 4.96. The van der Waals surface area contributed by atoms with E-state index in [9.17, 15) is 9.59 Å². The van der Waals surface area contributed by atoms with Crippen molar-refractivity contribution in [2.24, 2.45) is 0 Å². The zero-order valence-corrected chi connectivity index (χ0v) is 19.1. The van der Waals surface area contributed by atoms with Crippen LogP contribution in [0.1, 0.15) is 41.2 Å². The van der Waals surface area contributed by atoms with Gasteiger partial charge in [0, 0.05) is 47.4 Å². The third-order valence-corrected chi connectivity index (χ3v) is 4.96. The molecule has 0 aliphatic heterocycles. The number of nitrogens with one attached hydrogen (secondary N) is 1. The van der Waals surface area contributed by atoms with E-state index in [1.54, 1.807) is 25.1 Å². The molecule has 0 radical (unpaired) electrons. The van der Waals surface area contributed by atoms with Crippen LogP contribution in [0.25, 0.3) is 6.08 Å². The molecule has 2 aromatic rings. The SMILES string of the molecule is CCOC(=O)c1c(/C=C/C(=O)Nc2cc(OC)c(OC)c(OC)c2)c(C)n(CC)c1C. The Hall–Kier alpha value is -3.42. The molecule has 31 heavy (non-hydrogen) atoms. The van der Waals surface area contributed by atoms with Crippen molar-refractivity contribution in [3.63, 3.8) is 0 Å². The minimum atomic E-state index is -0.403. The van der Waals surface area contributed by atoms with E-state index in [-0.39, 0.29) is 12.5 Å². The highest BCUT2D eigenvalue weighted by Gasteiger charge is 2.22. The van der Waals surface area contributed by atoms with E-state index in [1.807, 2.05) is 25.3 Å². The van der Waals surface area contributed by atoms with Crippen molar-refractivity contribution in [1.29, 1.82) is 0 Å². The van der Waals surface area contributed by atoms with Crippen molar-refractivity contribution in [1.82, 2.24) is 4.57 Å². The van der Waals surface area contributed by atoms with Gasteiger partial charge in [0.1, 0.15) is 0 Å². The third kappa shape index (κ3) is 5.02. The summed E-state index contributed by atoms with van der Waals surface area (Å²) in [6.07, 6.45) is 3.02. The number of carbonyl (C=O) groups is 2. The van der Waals surface area contributed by atoms with Gasteiger partial charge in [-0.3, -0.25) is 4.79 Å². The Kier molecular flexibility index (Phi) is 8.13. The molecule has 0 saturated carbocycles. The summed E-state index contributed by atoms with van der Waals surface area (Å²) in [5.74, 6) is 0.518. The Morgan fingerprint density at radius 2 is 1.61 bits per heavy atom. The highest BCUT2D eigenvalue weighted by Crippen LogP contribution is 2.39. The average Bonchev–Trinajstić information content (AvgIpc) is 3.00. The van der Waals surface area contributed by atoms with Gasteiger partial charge >= 0.3 is 5.97 Å². The average molecular weight is 431 g/mol. The lowest BCUT2D eigenvalue weighted by atomic mass is 10.1. The fourth-order valence-electron chi connectivity index (χ4n) is 3.54. The Bertz CT molecular complexity index is 965. The van der Waals surface area contributed by atoms with Gasteiger partial charge in [-0.1, -0.05) is 0 Å². The number of aromatic nitrogens is 1. The molecule has 0 atom stereocenters. The largest absolute Gasteiger partial charge is 0.493 e. The maximum absolute atomic E-state index is 12.6. The molecule has 1 aromatic carbocycles. The molecule has 1 amide bonds. The number of methoxy groups -OCH3 is 3. The van der Waals surface area contributed by atoms with Crippen molar-refractivity contribution in [2.45, 2.75) is 34.2 Å². The van der Waals surface area contributed by atoms with Crippen LogP contribution < -0.4 is 19.5 Å². The van der Waals surface area contributed by atoms with Gasteiger partial charge in [0.05, 0.1) is 33.5 Å². The fraction of sp³-hybridized carbons (Fsp3) is 0.391. The number of hydrogen-bond acceptors (Lipinski definition) is 6. The second-order valence-electron chi connectivity index (χ2n) is 6.66. The van der Waals surface area contributed by atoms with E-state index < -0.39 is 5.97 Å². The normalized spacial score (nSPS) is 10.8. The maximum atomic E-state index is 12.6. The second-order valence-corrected chi connectivity index (χ2v) is 6.66. The first-order valence-electron chi connectivity index (χ1n) is 9.98. The highest BCUT2D eigenvalue weighted by atomic mass is 16.5. The number of benzene rings is 1. The smallest absolute Gasteiger partial charge is 0.340 e. The van der Waals surface area contributed by atoms with E-state index in [2.05, 4.69) is 5.32 Å². The van der Waals surface area contributed by atoms with Crippen molar-refractivity contribution in [3.8, 4) is 17.2 Å². The van der Waals surface area contributed by atoms with Crippen molar-refractivity contribution in [3.05, 3.63) is 40.7 Å². The van der Waals surface area contributed by atoms with Gasteiger partial charge in [0.25, 0.3) is 0 Å². The Balaban J connectivity index is 2.35. The Morgan fingerprint density at radius 1 is 1.00 bits per heavy atom. The zero-order valence-electron chi connectivity index (χ0n) is 19.1. The molecule has 1 aromatic heterocycles. The zero-order chi connectivity index (χ0) is 23.1. The molecule has 8 heteroatoms. The van der Waals surface area contributed by atoms with E-state index in [0.717, 1.165) is 11.4 Å². The van der Waals surface area contributed by atoms with Crippen molar-refractivity contribution in [2.75, 3.05) is 33.3 Å². The predicted octanol–water partition coefficient (Wildman–Crippen LogP) is 3.98. The molecule has 1 N–H and O–H groups in total. The summed E-state index contributed by atoms with van der Waals surface area (Å²) < 4.78 is 23.1. The minimum absolute atomic E-state index is 0.277. The van der Waals surface area contributed by atoms with Crippen LogP contribution in [0, 0.1) is 13.8 Å². The van der Waals surface area contributed by atoms with Crippen LogP contribution in [-0.4, -0.2) is 44.4 Å². The highest BCUT2D eigenvalue weighted by molar-refractivity contribution is 6.04. The van der Waals surface area contributed by atoms with Gasteiger partial charge in [-0.15, -0.1) is 0 Å². The number of anilines is 1. The van der Waals surface area contributed by atoms with Crippen LogP contribution in [0.15, 0.2) is 18.2 Å². The van der Waals surface area contributed by atoms with E-state index in [0.29, 0.717) is 40.6 Å². The number of carbonyl (C=O) groups excluding carboxylic acids is 2. The second kappa shape index (κ2) is 10.6. The molecule has 0 spiro atoms. The molecule has 1 heterocycles. The number of esters is 1. The summed E-state index contributed by atoms with van der Waals surface area (Å²) in [6, 6.07) is 3.28. The van der Waals surface area contributed by atoms with Crippen LogP contribution in [-0.2, 0) is 16.1 Å². The standard InChI is InChI=1S/C23H30N2O6/c1-8-25-14(3)17(21(15(25)4)23(27)31-9-2)10-11-20(26)24-16-12-18(28-5)22(30-7)19(13-16)29-6/h10-13H,8-9H2,1-7H3,(H,24,26)/b11-10+. The molecule has 8 nitrogen and oxygen atoms in total. The lowest BCUT2D eigenvalue weighted by Crippen LogP contribution is -2.09. The lowest BCUT2D eigenvalue weighted by molar-refractivity contribution is -0.111. The van der Waals surface area contributed by atoms with Gasteiger partial charge in [-0.05, 0) is 33.8 Å². The monoisotopic (exact) mass is 430 g/mol. The van der Waals surface area contributed by atoms with Gasteiger partial charge in [-0.25, -0.2) is 4.79 Å². The molecular weight excluding hydrogens is 400 g/mol. The van der Waals surface area contributed by atoms with Crippen LogP contribution in [0.2, 0.25) is 0 Å². The number of hydrogen-bond donors (Lipinski definition) is 1. The van der Waals surface area contributed by atoms with E-state index in [4.69, 9.17) is 18.9 Å². The maximum Gasteiger partial charge on any atom is 0.340 e. The quantitative estimate of drug-likeness (QED) is 0.478. The van der Waals surface area contributed by atoms with Gasteiger partial charge < -0.3 is 28.8 Å². The molecular formula is C23H30N2O6. The molecule has 168 valence electrons. The van der Waals surface area contributed by atoms with Gasteiger partial charge in [0.2, 0.25) is 11.7 Å². The van der Waals surface area contributed by atoms with Gasteiger partial charge in [0.15, 0.2) is 11.5 Å². The summed E-state index contributed by atoms with van der Waals surface area (Å²) in [7, 11) is 4.52. The van der Waals surface area contributed by atoms with Crippen LogP contribution in [0.4, 0.5) is 5.69 Å². The molecule has 0 saturated heterocycles. The fourth-order valence-corrected chi connectivity index (χ4v) is 3.54. The number of ether oxygens (including phenoxy) is 4. The van der Waals surface area contributed by atoms with E-state index >= 15 is 0 Å². The first kappa shape index (κ1) is 23.9. The molecule has 0 aliphatic rings. The molecule has 0 bridgehead atoms. The van der Waals surface area contributed by atoms with Crippen molar-refractivity contribution >= 4 is 23.6 Å². The first-order valence-corrected chi connectivity index (χ1v) is 9.98.